The Labute approximate surface area is 188 Å². The van der Waals surface area contributed by atoms with Crippen molar-refractivity contribution in [2.45, 2.75) is 35.5 Å². The van der Waals surface area contributed by atoms with Crippen molar-refractivity contribution in [2.75, 3.05) is 39.4 Å². The molecule has 1 fully saturated rings. The van der Waals surface area contributed by atoms with Gasteiger partial charge < -0.3 is 9.47 Å². The van der Waals surface area contributed by atoms with Gasteiger partial charge in [0.05, 0.1) is 23.0 Å². The first-order chi connectivity index (χ1) is 15.4. The third kappa shape index (κ3) is 3.89. The van der Waals surface area contributed by atoms with E-state index in [0.717, 1.165) is 31.2 Å². The molecule has 0 atom stereocenters. The van der Waals surface area contributed by atoms with E-state index in [1.165, 1.54) is 26.3 Å². The second kappa shape index (κ2) is 8.33. The molecule has 3 aliphatic rings. The molecular formula is C22H26N2O6S2. The van der Waals surface area contributed by atoms with Crippen LogP contribution in [0.4, 0.5) is 0 Å². The van der Waals surface area contributed by atoms with Gasteiger partial charge in [-0.3, -0.25) is 0 Å². The van der Waals surface area contributed by atoms with E-state index in [1.807, 2.05) is 6.07 Å². The minimum absolute atomic E-state index is 0.0982. The summed E-state index contributed by atoms with van der Waals surface area (Å²) in [6.45, 7) is 1.42. The molecule has 0 radical (unpaired) electrons. The summed E-state index contributed by atoms with van der Waals surface area (Å²) in [6.07, 6.45) is 3.68. The van der Waals surface area contributed by atoms with E-state index in [9.17, 15) is 16.8 Å². The summed E-state index contributed by atoms with van der Waals surface area (Å²) >= 11 is 0. The Morgan fingerprint density at radius 3 is 1.88 bits per heavy atom. The third-order valence-corrected chi connectivity index (χ3v) is 10.1. The zero-order valence-electron chi connectivity index (χ0n) is 17.7. The quantitative estimate of drug-likeness (QED) is 0.668. The van der Waals surface area contributed by atoms with Crippen molar-refractivity contribution in [1.29, 1.82) is 0 Å². The number of hydrogen-bond acceptors (Lipinski definition) is 6. The molecular weight excluding hydrogens is 452 g/mol. The van der Waals surface area contributed by atoms with Crippen molar-refractivity contribution in [2.24, 2.45) is 0 Å². The van der Waals surface area contributed by atoms with Crippen LogP contribution in [0.2, 0.25) is 0 Å². The number of fused-ring (bicyclic) bond motifs is 2. The lowest BCUT2D eigenvalue weighted by molar-refractivity contribution is 0.272. The number of ether oxygens (including phenoxy) is 2. The first-order valence-corrected chi connectivity index (χ1v) is 13.8. The van der Waals surface area contributed by atoms with Crippen LogP contribution in [-0.4, -0.2) is 64.8 Å². The van der Waals surface area contributed by atoms with Gasteiger partial charge in [-0.1, -0.05) is 6.07 Å². The summed E-state index contributed by atoms with van der Waals surface area (Å²) in [7, 11) is -7.43. The summed E-state index contributed by atoms with van der Waals surface area (Å²) in [6, 6.07) is 9.96. The average molecular weight is 479 g/mol. The van der Waals surface area contributed by atoms with Crippen LogP contribution in [0.3, 0.4) is 0 Å². The van der Waals surface area contributed by atoms with Crippen molar-refractivity contribution < 1.29 is 26.3 Å². The minimum atomic E-state index is -3.77. The monoisotopic (exact) mass is 478 g/mol. The van der Waals surface area contributed by atoms with E-state index in [4.69, 9.17) is 9.47 Å². The molecule has 5 rings (SSSR count). The standard InChI is InChI=1S/C22H26N2O6S2/c25-31(26,19-6-5-17-3-1-4-18(17)15-19)23-9-11-24(12-10-23)32(27,28)20-7-8-21-22(16-20)30-14-2-13-29-21/h5-8,15-16H,1-4,9-14H2. The SMILES string of the molecule is O=S(=O)(c1ccc2c(c1)CCC2)N1CCN(S(=O)(=O)c2ccc3c(c2)OCCCO3)CC1. The van der Waals surface area contributed by atoms with Crippen LogP contribution in [0.5, 0.6) is 11.5 Å². The van der Waals surface area contributed by atoms with E-state index < -0.39 is 20.0 Å². The van der Waals surface area contributed by atoms with Crippen LogP contribution in [0, 0.1) is 0 Å². The highest BCUT2D eigenvalue weighted by atomic mass is 32.2. The molecule has 2 aromatic rings. The molecule has 10 heteroatoms. The fourth-order valence-electron chi connectivity index (χ4n) is 4.46. The normalized spacial score (nSPS) is 20.0. The minimum Gasteiger partial charge on any atom is -0.490 e. The summed E-state index contributed by atoms with van der Waals surface area (Å²) < 4.78 is 66.5. The van der Waals surface area contributed by atoms with Gasteiger partial charge in [0.25, 0.3) is 0 Å². The van der Waals surface area contributed by atoms with Crippen molar-refractivity contribution in [3.8, 4) is 11.5 Å². The molecule has 2 heterocycles. The molecule has 0 saturated carbocycles. The predicted octanol–water partition coefficient (Wildman–Crippen LogP) is 2.03. The largest absolute Gasteiger partial charge is 0.490 e. The van der Waals surface area contributed by atoms with Gasteiger partial charge in [-0.25, -0.2) is 16.8 Å². The van der Waals surface area contributed by atoms with Gasteiger partial charge in [0.2, 0.25) is 20.0 Å². The van der Waals surface area contributed by atoms with E-state index in [2.05, 4.69) is 0 Å². The topological polar surface area (TPSA) is 93.2 Å². The lowest BCUT2D eigenvalue weighted by atomic mass is 10.1. The summed E-state index contributed by atoms with van der Waals surface area (Å²) in [5, 5.41) is 0. The Kier molecular flexibility index (Phi) is 5.65. The molecule has 1 saturated heterocycles. The highest BCUT2D eigenvalue weighted by Crippen LogP contribution is 2.33. The highest BCUT2D eigenvalue weighted by molar-refractivity contribution is 7.89. The molecule has 0 bridgehead atoms. The molecule has 2 aromatic carbocycles. The molecule has 0 N–H and O–H groups in total. The van der Waals surface area contributed by atoms with Gasteiger partial charge in [-0.15, -0.1) is 0 Å². The first-order valence-electron chi connectivity index (χ1n) is 10.9. The maximum atomic E-state index is 13.2. The van der Waals surface area contributed by atoms with Gasteiger partial charge in [-0.2, -0.15) is 8.61 Å². The lowest BCUT2D eigenvalue weighted by Gasteiger charge is -2.33. The van der Waals surface area contributed by atoms with Gasteiger partial charge in [-0.05, 0) is 54.7 Å². The zero-order valence-corrected chi connectivity index (χ0v) is 19.3. The van der Waals surface area contributed by atoms with E-state index in [1.54, 1.807) is 18.2 Å². The molecule has 8 nitrogen and oxygen atoms in total. The van der Waals surface area contributed by atoms with Crippen LogP contribution in [0.15, 0.2) is 46.2 Å². The molecule has 0 unspecified atom stereocenters. The second-order valence-corrected chi connectivity index (χ2v) is 12.1. The Balaban J connectivity index is 1.31. The molecule has 0 aromatic heterocycles. The Morgan fingerprint density at radius 1 is 0.625 bits per heavy atom. The van der Waals surface area contributed by atoms with E-state index >= 15 is 0 Å². The average Bonchev–Trinajstić information content (AvgIpc) is 3.15. The maximum Gasteiger partial charge on any atom is 0.243 e. The molecule has 0 spiro atoms. The predicted molar refractivity (Wildman–Crippen MR) is 118 cm³/mol. The molecule has 172 valence electrons. The summed E-state index contributed by atoms with van der Waals surface area (Å²) in [5.74, 6) is 0.952. The number of aryl methyl sites for hydroxylation is 2. The molecule has 2 aliphatic heterocycles. The molecule has 0 amide bonds. The lowest BCUT2D eigenvalue weighted by Crippen LogP contribution is -2.50. The Hall–Kier alpha value is -2.14. The zero-order chi connectivity index (χ0) is 22.3. The van der Waals surface area contributed by atoms with Crippen molar-refractivity contribution in [3.05, 3.63) is 47.5 Å². The fraction of sp³-hybridized carbons (Fsp3) is 0.455. The maximum absolute atomic E-state index is 13.2. The Morgan fingerprint density at radius 2 is 1.19 bits per heavy atom. The highest BCUT2D eigenvalue weighted by Gasteiger charge is 2.34. The molecule has 32 heavy (non-hydrogen) atoms. The van der Waals surface area contributed by atoms with Gasteiger partial charge in [0.15, 0.2) is 11.5 Å². The van der Waals surface area contributed by atoms with Gasteiger partial charge in [0, 0.05) is 38.7 Å². The van der Waals surface area contributed by atoms with E-state index in [-0.39, 0.29) is 36.0 Å². The second-order valence-electron chi connectivity index (χ2n) is 8.25. The Bertz CT molecular complexity index is 1240. The number of benzene rings is 2. The van der Waals surface area contributed by atoms with Crippen LogP contribution >= 0.6 is 0 Å². The van der Waals surface area contributed by atoms with Crippen LogP contribution in [-0.2, 0) is 32.9 Å². The van der Waals surface area contributed by atoms with Crippen molar-refractivity contribution in [1.82, 2.24) is 8.61 Å². The fourth-order valence-corrected chi connectivity index (χ4v) is 7.37. The van der Waals surface area contributed by atoms with Crippen LogP contribution in [0.25, 0.3) is 0 Å². The first kappa shape index (κ1) is 21.7. The van der Waals surface area contributed by atoms with Gasteiger partial charge >= 0.3 is 0 Å². The number of sulfonamides is 2. The van der Waals surface area contributed by atoms with Crippen molar-refractivity contribution in [3.63, 3.8) is 0 Å². The van der Waals surface area contributed by atoms with Crippen LogP contribution < -0.4 is 9.47 Å². The third-order valence-electron chi connectivity index (χ3n) is 6.26. The van der Waals surface area contributed by atoms with E-state index in [0.29, 0.717) is 24.7 Å². The number of hydrogen-bond donors (Lipinski definition) is 0. The molecule has 1 aliphatic carbocycles. The number of piperazine rings is 1. The van der Waals surface area contributed by atoms with Crippen molar-refractivity contribution >= 4 is 20.0 Å². The smallest absolute Gasteiger partial charge is 0.243 e. The summed E-state index contributed by atoms with van der Waals surface area (Å²) in [5.41, 5.74) is 2.32. The number of rotatable bonds is 4. The summed E-state index contributed by atoms with van der Waals surface area (Å²) in [4.78, 5) is 0.411. The van der Waals surface area contributed by atoms with Crippen LogP contribution in [0.1, 0.15) is 24.0 Å². The van der Waals surface area contributed by atoms with Gasteiger partial charge in [0.1, 0.15) is 0 Å². The number of nitrogens with zero attached hydrogens (tertiary/aromatic N) is 2.